The molecule has 0 aromatic heterocycles. The maximum Gasteiger partial charge on any atom is 0.263 e. The molecule has 1 saturated heterocycles. The third kappa shape index (κ3) is 2.45. The van der Waals surface area contributed by atoms with Crippen molar-refractivity contribution in [2.24, 2.45) is 5.41 Å². The summed E-state index contributed by atoms with van der Waals surface area (Å²) in [5, 5.41) is -1.10. The standard InChI is InChI=1S/C16H25NO5S/c1-7-8-16(22-6)13(19)17-11(12(18)15(3,4)5)10(2)9-23(20,21)14(16)17/h14H,7-9H2,1-6H3/t14-,16+/m0/s1. The predicted octanol–water partition coefficient (Wildman–Crippen LogP) is 1.66. The number of rotatable bonds is 4. The fraction of sp³-hybridized carbons (Fsp3) is 0.750. The highest BCUT2D eigenvalue weighted by molar-refractivity contribution is 7.92. The zero-order valence-corrected chi connectivity index (χ0v) is 15.4. The van der Waals surface area contributed by atoms with Crippen LogP contribution in [-0.4, -0.2) is 48.8 Å². The Morgan fingerprint density at radius 1 is 1.39 bits per heavy atom. The van der Waals surface area contributed by atoms with Crippen LogP contribution in [-0.2, 0) is 24.2 Å². The number of hydrogen-bond donors (Lipinski definition) is 0. The number of fused-ring (bicyclic) bond motifs is 1. The summed E-state index contributed by atoms with van der Waals surface area (Å²) in [7, 11) is -2.23. The zero-order valence-electron chi connectivity index (χ0n) is 14.6. The Hall–Kier alpha value is -1.21. The third-order valence-corrected chi connectivity index (χ3v) is 6.61. The molecule has 2 aliphatic rings. The van der Waals surface area contributed by atoms with Gasteiger partial charge in [-0.05, 0) is 18.9 Å². The third-order valence-electron chi connectivity index (χ3n) is 4.50. The van der Waals surface area contributed by atoms with Crippen molar-refractivity contribution in [2.75, 3.05) is 12.9 Å². The summed E-state index contributed by atoms with van der Waals surface area (Å²) in [5.41, 5.74) is -1.40. The van der Waals surface area contributed by atoms with Gasteiger partial charge in [0.1, 0.15) is 0 Å². The molecule has 6 nitrogen and oxygen atoms in total. The van der Waals surface area contributed by atoms with Crippen LogP contribution in [0, 0.1) is 5.41 Å². The Bertz CT molecular complexity index is 686. The number of amides is 1. The normalized spacial score (nSPS) is 30.1. The summed E-state index contributed by atoms with van der Waals surface area (Å²) in [6.07, 6.45) is 0.934. The van der Waals surface area contributed by atoms with Gasteiger partial charge in [0, 0.05) is 12.5 Å². The van der Waals surface area contributed by atoms with Gasteiger partial charge in [-0.15, -0.1) is 0 Å². The molecule has 0 aromatic carbocycles. The van der Waals surface area contributed by atoms with Crippen LogP contribution in [0.15, 0.2) is 11.3 Å². The minimum atomic E-state index is -3.59. The molecule has 23 heavy (non-hydrogen) atoms. The van der Waals surface area contributed by atoms with Gasteiger partial charge in [0.25, 0.3) is 5.91 Å². The number of carbonyl (C=O) groups is 2. The van der Waals surface area contributed by atoms with Crippen molar-refractivity contribution >= 4 is 21.5 Å². The van der Waals surface area contributed by atoms with E-state index in [-0.39, 0.29) is 17.2 Å². The first kappa shape index (κ1) is 18.1. The monoisotopic (exact) mass is 343 g/mol. The number of ketones is 1. The van der Waals surface area contributed by atoms with Crippen LogP contribution in [0.1, 0.15) is 47.5 Å². The Labute approximate surface area is 137 Å². The number of allylic oxidation sites excluding steroid dienone is 1. The van der Waals surface area contributed by atoms with Gasteiger partial charge in [0.2, 0.25) is 0 Å². The first-order valence-electron chi connectivity index (χ1n) is 7.79. The Morgan fingerprint density at radius 3 is 2.39 bits per heavy atom. The lowest BCUT2D eigenvalue weighted by atomic mass is 9.81. The van der Waals surface area contributed by atoms with E-state index in [0.717, 1.165) is 4.90 Å². The van der Waals surface area contributed by atoms with E-state index in [1.54, 1.807) is 27.7 Å². The lowest BCUT2D eigenvalue weighted by Gasteiger charge is -2.56. The van der Waals surface area contributed by atoms with E-state index in [4.69, 9.17) is 4.74 Å². The van der Waals surface area contributed by atoms with E-state index in [2.05, 4.69) is 0 Å². The van der Waals surface area contributed by atoms with Crippen LogP contribution in [0.2, 0.25) is 0 Å². The zero-order chi connectivity index (χ0) is 17.8. The molecule has 1 fully saturated rings. The van der Waals surface area contributed by atoms with Gasteiger partial charge in [-0.25, -0.2) is 8.42 Å². The molecule has 2 heterocycles. The minimum absolute atomic E-state index is 0.215. The summed E-state index contributed by atoms with van der Waals surface area (Å²) in [6.45, 7) is 8.75. The second kappa shape index (κ2) is 5.41. The van der Waals surface area contributed by atoms with Crippen LogP contribution in [0.4, 0.5) is 0 Å². The van der Waals surface area contributed by atoms with Crippen molar-refractivity contribution in [3.63, 3.8) is 0 Å². The van der Waals surface area contributed by atoms with Crippen molar-refractivity contribution in [3.05, 3.63) is 11.3 Å². The molecule has 0 bridgehead atoms. The highest BCUT2D eigenvalue weighted by atomic mass is 32.2. The van der Waals surface area contributed by atoms with Gasteiger partial charge in [0.05, 0.1) is 11.4 Å². The van der Waals surface area contributed by atoms with Crippen LogP contribution < -0.4 is 0 Å². The van der Waals surface area contributed by atoms with Gasteiger partial charge in [0.15, 0.2) is 26.6 Å². The fourth-order valence-electron chi connectivity index (χ4n) is 3.43. The lowest BCUT2D eigenvalue weighted by Crippen LogP contribution is -2.78. The molecule has 0 radical (unpaired) electrons. The topological polar surface area (TPSA) is 80.8 Å². The molecule has 2 rings (SSSR count). The van der Waals surface area contributed by atoms with Gasteiger partial charge in [-0.2, -0.15) is 0 Å². The SMILES string of the molecule is CCC[C@@]1(OC)C(=O)N2C(C(=O)C(C)(C)C)=C(C)CS(=O)(=O)[C@H]21. The lowest BCUT2D eigenvalue weighted by molar-refractivity contribution is -0.185. The molecule has 0 N–H and O–H groups in total. The number of carbonyl (C=O) groups excluding carboxylic acids is 2. The largest absolute Gasteiger partial charge is 0.365 e. The Morgan fingerprint density at radius 2 is 1.96 bits per heavy atom. The van der Waals surface area contributed by atoms with E-state index in [9.17, 15) is 18.0 Å². The molecule has 1 amide bonds. The smallest absolute Gasteiger partial charge is 0.263 e. The number of nitrogens with zero attached hydrogens (tertiary/aromatic N) is 1. The van der Waals surface area contributed by atoms with Gasteiger partial charge >= 0.3 is 0 Å². The first-order chi connectivity index (χ1) is 10.4. The van der Waals surface area contributed by atoms with Crippen LogP contribution in [0.5, 0.6) is 0 Å². The van der Waals surface area contributed by atoms with Crippen LogP contribution in [0.3, 0.4) is 0 Å². The van der Waals surface area contributed by atoms with Crippen LogP contribution >= 0.6 is 0 Å². The Kier molecular flexibility index (Phi) is 4.27. The van der Waals surface area contributed by atoms with Gasteiger partial charge < -0.3 is 4.74 Å². The predicted molar refractivity (Wildman–Crippen MR) is 86.2 cm³/mol. The number of ether oxygens (including phenoxy) is 1. The highest BCUT2D eigenvalue weighted by Crippen LogP contribution is 2.48. The first-order valence-corrected chi connectivity index (χ1v) is 9.50. The van der Waals surface area contributed by atoms with E-state index in [0.29, 0.717) is 18.4 Å². The summed E-state index contributed by atoms with van der Waals surface area (Å²) in [4.78, 5) is 26.7. The molecule has 0 unspecified atom stereocenters. The molecule has 130 valence electrons. The highest BCUT2D eigenvalue weighted by Gasteiger charge is 2.69. The number of hydrogen-bond acceptors (Lipinski definition) is 5. The van der Waals surface area contributed by atoms with E-state index < -0.39 is 32.1 Å². The van der Waals surface area contributed by atoms with Gasteiger partial charge in [-0.3, -0.25) is 14.5 Å². The second-order valence-corrected chi connectivity index (χ2v) is 9.45. The quantitative estimate of drug-likeness (QED) is 0.725. The molecule has 2 aliphatic heterocycles. The summed E-state index contributed by atoms with van der Waals surface area (Å²) >= 11 is 0. The fourth-order valence-corrected chi connectivity index (χ4v) is 5.75. The molecule has 0 aromatic rings. The van der Waals surface area contributed by atoms with Crippen molar-refractivity contribution in [1.82, 2.24) is 4.90 Å². The summed E-state index contributed by atoms with van der Waals surface area (Å²) < 4.78 is 30.7. The van der Waals surface area contributed by atoms with Crippen LogP contribution in [0.25, 0.3) is 0 Å². The number of β-lactam (4-membered cyclic amide) rings is 1. The van der Waals surface area contributed by atoms with Crippen molar-refractivity contribution in [1.29, 1.82) is 0 Å². The second-order valence-electron chi connectivity index (χ2n) is 7.39. The molecule has 0 saturated carbocycles. The maximum absolute atomic E-state index is 12.8. The number of sulfone groups is 1. The summed E-state index contributed by atoms with van der Waals surface area (Å²) in [5.74, 6) is -0.862. The van der Waals surface area contributed by atoms with E-state index in [1.807, 2.05) is 6.92 Å². The molecular weight excluding hydrogens is 318 g/mol. The molecule has 7 heteroatoms. The average Bonchev–Trinajstić information content (AvgIpc) is 2.41. The molecular formula is C16H25NO5S. The average molecular weight is 343 g/mol. The van der Waals surface area contributed by atoms with E-state index >= 15 is 0 Å². The number of methoxy groups -OCH3 is 1. The Balaban J connectivity index is 2.60. The van der Waals surface area contributed by atoms with Crippen molar-refractivity contribution in [2.45, 2.75) is 58.4 Å². The van der Waals surface area contributed by atoms with Crippen molar-refractivity contribution in [3.8, 4) is 0 Å². The molecule has 0 spiro atoms. The minimum Gasteiger partial charge on any atom is -0.365 e. The van der Waals surface area contributed by atoms with E-state index in [1.165, 1.54) is 7.11 Å². The number of Topliss-reactive ketones (excluding diaryl/α,β-unsaturated/α-hetero) is 1. The molecule has 2 atom stereocenters. The van der Waals surface area contributed by atoms with Gasteiger partial charge in [-0.1, -0.05) is 34.1 Å². The maximum atomic E-state index is 12.8. The van der Waals surface area contributed by atoms with Crippen molar-refractivity contribution < 1.29 is 22.7 Å². The summed E-state index contributed by atoms with van der Waals surface area (Å²) in [6, 6.07) is 0. The molecule has 0 aliphatic carbocycles.